The third-order valence-electron chi connectivity index (χ3n) is 5.74. The standard InChI is InChI=1S/C22H30FN3O4S2/c1-13(2)15-8-9-16(23)18(14(3)4)19(15)25-20(27)26-32(29,30)21-24-12-17(31-21)22(28)10-6-5-7-11-22/h8-9,12-14,28H,5-7,10-11H2,1-4H3,(H2,25,26,27). The van der Waals surface area contributed by atoms with Gasteiger partial charge in [-0.05, 0) is 36.3 Å². The molecular formula is C22H30FN3O4S2. The van der Waals surface area contributed by atoms with Gasteiger partial charge in [-0.3, -0.25) is 0 Å². The summed E-state index contributed by atoms with van der Waals surface area (Å²) in [5, 5.41) is 13.4. The van der Waals surface area contributed by atoms with Crippen LogP contribution in [-0.2, 0) is 15.6 Å². The van der Waals surface area contributed by atoms with Crippen molar-refractivity contribution in [1.82, 2.24) is 9.71 Å². The second kappa shape index (κ2) is 9.44. The molecular weight excluding hydrogens is 453 g/mol. The first-order valence-corrected chi connectivity index (χ1v) is 13.1. The fraction of sp³-hybridized carbons (Fsp3) is 0.545. The largest absolute Gasteiger partial charge is 0.384 e. The predicted molar refractivity (Wildman–Crippen MR) is 123 cm³/mol. The molecule has 176 valence electrons. The van der Waals surface area contributed by atoms with Crippen LogP contribution in [-0.4, -0.2) is 24.5 Å². The van der Waals surface area contributed by atoms with Crippen LogP contribution in [0, 0.1) is 5.82 Å². The molecule has 1 fully saturated rings. The maximum absolute atomic E-state index is 14.5. The summed E-state index contributed by atoms with van der Waals surface area (Å²) < 4.78 is 41.7. The molecule has 2 amide bonds. The highest BCUT2D eigenvalue weighted by Crippen LogP contribution is 2.40. The van der Waals surface area contributed by atoms with Crippen molar-refractivity contribution in [3.8, 4) is 0 Å². The Hall–Kier alpha value is -2.04. The van der Waals surface area contributed by atoms with E-state index in [2.05, 4.69) is 10.3 Å². The first-order valence-electron chi connectivity index (χ1n) is 10.8. The van der Waals surface area contributed by atoms with Gasteiger partial charge in [-0.15, -0.1) is 11.3 Å². The number of halogens is 1. The number of hydrogen-bond donors (Lipinski definition) is 3. The van der Waals surface area contributed by atoms with Crippen LogP contribution in [0.2, 0.25) is 0 Å². The maximum atomic E-state index is 14.5. The van der Waals surface area contributed by atoms with Crippen LogP contribution in [0.25, 0.3) is 0 Å². The lowest BCUT2D eigenvalue weighted by atomic mass is 9.84. The number of nitrogens with zero attached hydrogens (tertiary/aromatic N) is 1. The number of nitrogens with one attached hydrogen (secondary N) is 2. The van der Waals surface area contributed by atoms with Crippen LogP contribution < -0.4 is 10.0 Å². The van der Waals surface area contributed by atoms with Gasteiger partial charge in [0.1, 0.15) is 11.4 Å². The molecule has 7 nitrogen and oxygen atoms in total. The molecule has 32 heavy (non-hydrogen) atoms. The number of carbonyl (C=O) groups is 1. The minimum Gasteiger partial charge on any atom is -0.384 e. The summed E-state index contributed by atoms with van der Waals surface area (Å²) in [6.07, 6.45) is 5.23. The molecule has 1 aliphatic rings. The number of benzene rings is 1. The molecule has 10 heteroatoms. The van der Waals surface area contributed by atoms with Gasteiger partial charge < -0.3 is 10.4 Å². The Balaban J connectivity index is 1.83. The van der Waals surface area contributed by atoms with Crippen LogP contribution in [0.15, 0.2) is 22.7 Å². The number of sulfonamides is 1. The Morgan fingerprint density at radius 1 is 1.16 bits per heavy atom. The molecule has 2 aromatic rings. The average molecular weight is 484 g/mol. The summed E-state index contributed by atoms with van der Waals surface area (Å²) >= 11 is 0.860. The Labute approximate surface area is 192 Å². The number of anilines is 1. The second-order valence-corrected chi connectivity index (χ2v) is 11.8. The lowest BCUT2D eigenvalue weighted by Crippen LogP contribution is -2.35. The zero-order valence-electron chi connectivity index (χ0n) is 18.7. The van der Waals surface area contributed by atoms with E-state index < -0.39 is 27.5 Å². The lowest BCUT2D eigenvalue weighted by Gasteiger charge is -2.30. The van der Waals surface area contributed by atoms with Crippen LogP contribution in [0.5, 0.6) is 0 Å². The van der Waals surface area contributed by atoms with E-state index in [1.807, 2.05) is 18.6 Å². The smallest absolute Gasteiger partial charge is 0.333 e. The van der Waals surface area contributed by atoms with E-state index >= 15 is 0 Å². The van der Waals surface area contributed by atoms with Crippen molar-refractivity contribution in [1.29, 1.82) is 0 Å². The monoisotopic (exact) mass is 483 g/mol. The molecule has 1 aromatic heterocycles. The van der Waals surface area contributed by atoms with Gasteiger partial charge in [0.25, 0.3) is 10.0 Å². The molecule has 0 unspecified atom stereocenters. The van der Waals surface area contributed by atoms with Crippen LogP contribution in [0.3, 0.4) is 0 Å². The number of amides is 2. The Morgan fingerprint density at radius 2 is 1.81 bits per heavy atom. The topological polar surface area (TPSA) is 108 Å². The van der Waals surface area contributed by atoms with Gasteiger partial charge >= 0.3 is 6.03 Å². The first-order chi connectivity index (χ1) is 14.9. The van der Waals surface area contributed by atoms with Gasteiger partial charge in [-0.2, -0.15) is 8.42 Å². The number of aliphatic hydroxyl groups is 1. The molecule has 0 spiro atoms. The molecule has 1 heterocycles. The zero-order valence-corrected chi connectivity index (χ0v) is 20.4. The molecule has 0 atom stereocenters. The van der Waals surface area contributed by atoms with Crippen LogP contribution in [0.1, 0.15) is 87.6 Å². The number of aromatic nitrogens is 1. The molecule has 0 aliphatic heterocycles. The highest BCUT2D eigenvalue weighted by atomic mass is 32.2. The summed E-state index contributed by atoms with van der Waals surface area (Å²) in [5.74, 6) is -0.705. The molecule has 1 saturated carbocycles. The number of urea groups is 1. The lowest BCUT2D eigenvalue weighted by molar-refractivity contribution is 0.00264. The van der Waals surface area contributed by atoms with Crippen molar-refractivity contribution in [3.63, 3.8) is 0 Å². The van der Waals surface area contributed by atoms with E-state index in [9.17, 15) is 22.7 Å². The van der Waals surface area contributed by atoms with Crippen molar-refractivity contribution in [2.24, 2.45) is 0 Å². The summed E-state index contributed by atoms with van der Waals surface area (Å²) in [7, 11) is -4.26. The van der Waals surface area contributed by atoms with E-state index in [-0.39, 0.29) is 21.9 Å². The minimum absolute atomic E-state index is 0.0160. The van der Waals surface area contributed by atoms with E-state index in [4.69, 9.17) is 0 Å². The molecule has 1 aliphatic carbocycles. The van der Waals surface area contributed by atoms with Crippen LogP contribution in [0.4, 0.5) is 14.9 Å². The highest BCUT2D eigenvalue weighted by Gasteiger charge is 2.35. The second-order valence-electron chi connectivity index (χ2n) is 8.88. The minimum atomic E-state index is -4.26. The normalized spacial score (nSPS) is 16.4. The van der Waals surface area contributed by atoms with E-state index in [1.165, 1.54) is 12.3 Å². The van der Waals surface area contributed by atoms with Gasteiger partial charge in [0.05, 0.1) is 10.6 Å². The zero-order chi connectivity index (χ0) is 23.7. The van der Waals surface area contributed by atoms with Crippen molar-refractivity contribution in [2.45, 2.75) is 81.6 Å². The van der Waals surface area contributed by atoms with Gasteiger partial charge in [-0.25, -0.2) is 18.9 Å². The summed E-state index contributed by atoms with van der Waals surface area (Å²) in [4.78, 5) is 17.1. The first kappa shape index (κ1) is 24.6. The van der Waals surface area contributed by atoms with Gasteiger partial charge in [0.2, 0.25) is 4.34 Å². The molecule has 0 bridgehead atoms. The molecule has 1 aromatic carbocycles. The fourth-order valence-electron chi connectivity index (χ4n) is 4.08. The summed E-state index contributed by atoms with van der Waals surface area (Å²) in [6.45, 7) is 7.42. The van der Waals surface area contributed by atoms with Crippen molar-refractivity contribution < 1.29 is 22.7 Å². The summed E-state index contributed by atoms with van der Waals surface area (Å²) in [6, 6.07) is 1.96. The van der Waals surface area contributed by atoms with Gasteiger partial charge in [0.15, 0.2) is 0 Å². The Kier molecular flexibility index (Phi) is 7.26. The molecule has 3 N–H and O–H groups in total. The van der Waals surface area contributed by atoms with Crippen molar-refractivity contribution in [2.75, 3.05) is 5.32 Å². The fourth-order valence-corrected chi connectivity index (χ4v) is 6.28. The van der Waals surface area contributed by atoms with Crippen molar-refractivity contribution in [3.05, 3.63) is 40.2 Å². The molecule has 0 saturated heterocycles. The predicted octanol–water partition coefficient (Wildman–Crippen LogP) is 5.19. The van der Waals surface area contributed by atoms with Crippen LogP contribution >= 0.6 is 11.3 Å². The number of rotatable bonds is 6. The van der Waals surface area contributed by atoms with E-state index in [0.29, 0.717) is 28.8 Å². The number of hydrogen-bond acceptors (Lipinski definition) is 6. The van der Waals surface area contributed by atoms with Crippen molar-refractivity contribution >= 4 is 33.1 Å². The SMILES string of the molecule is CC(C)c1ccc(F)c(C(C)C)c1NC(=O)NS(=O)(=O)c1ncc(C2(O)CCCCC2)s1. The van der Waals surface area contributed by atoms with E-state index in [1.54, 1.807) is 19.9 Å². The number of carbonyl (C=O) groups excluding carboxylic acids is 1. The molecule has 3 rings (SSSR count). The summed E-state index contributed by atoms with van der Waals surface area (Å²) in [5.41, 5.74) is 0.226. The Bertz CT molecular complexity index is 1090. The molecule has 0 radical (unpaired) electrons. The Morgan fingerprint density at radius 3 is 2.41 bits per heavy atom. The van der Waals surface area contributed by atoms with Gasteiger partial charge in [0, 0.05) is 11.8 Å². The average Bonchev–Trinajstić information content (AvgIpc) is 3.20. The maximum Gasteiger partial charge on any atom is 0.333 e. The number of thiazole rings is 1. The third-order valence-corrected chi connectivity index (χ3v) is 8.66. The highest BCUT2D eigenvalue weighted by molar-refractivity contribution is 7.92. The van der Waals surface area contributed by atoms with Gasteiger partial charge in [-0.1, -0.05) is 53.0 Å². The quantitative estimate of drug-likeness (QED) is 0.524. The van der Waals surface area contributed by atoms with E-state index in [0.717, 1.165) is 30.6 Å². The third kappa shape index (κ3) is 5.13.